The van der Waals surface area contributed by atoms with Crippen LogP contribution in [-0.2, 0) is 9.53 Å². The third-order valence-corrected chi connectivity index (χ3v) is 8.36. The van der Waals surface area contributed by atoms with E-state index in [4.69, 9.17) is 4.74 Å². The lowest BCUT2D eigenvalue weighted by Gasteiger charge is -2.45. The van der Waals surface area contributed by atoms with E-state index in [1.54, 1.807) is 0 Å². The Bertz CT molecular complexity index is 1080. The number of hydrogen-bond acceptors (Lipinski definition) is 5. The molecular formula is C25H31FN4O2. The Morgan fingerprint density at radius 2 is 1.97 bits per heavy atom. The summed E-state index contributed by atoms with van der Waals surface area (Å²) in [7, 11) is 0. The van der Waals surface area contributed by atoms with Gasteiger partial charge in [0.1, 0.15) is 12.0 Å². The van der Waals surface area contributed by atoms with Crippen LogP contribution >= 0.6 is 0 Å². The summed E-state index contributed by atoms with van der Waals surface area (Å²) in [6.45, 7) is 8.12. The molecule has 3 atom stereocenters. The molecule has 2 saturated heterocycles. The molecular weight excluding hydrogens is 407 g/mol. The van der Waals surface area contributed by atoms with Crippen molar-refractivity contribution in [2.24, 2.45) is 11.3 Å². The molecule has 2 saturated carbocycles. The fourth-order valence-electron chi connectivity index (χ4n) is 5.74. The Labute approximate surface area is 188 Å². The molecule has 6 rings (SSSR count). The van der Waals surface area contributed by atoms with Crippen molar-refractivity contribution >= 4 is 28.2 Å². The van der Waals surface area contributed by atoms with Crippen molar-refractivity contribution in [1.29, 1.82) is 0 Å². The van der Waals surface area contributed by atoms with Gasteiger partial charge in [-0.15, -0.1) is 0 Å². The van der Waals surface area contributed by atoms with E-state index in [-0.39, 0.29) is 18.4 Å². The zero-order valence-corrected chi connectivity index (χ0v) is 18.9. The molecule has 4 aliphatic rings. The first-order valence-corrected chi connectivity index (χ1v) is 11.8. The summed E-state index contributed by atoms with van der Waals surface area (Å²) >= 11 is 0. The zero-order valence-electron chi connectivity index (χ0n) is 18.9. The third kappa shape index (κ3) is 3.28. The topological polar surface area (TPSA) is 57.7 Å². The lowest BCUT2D eigenvalue weighted by atomic mass is 9.96. The number of hydrogen-bond donors (Lipinski definition) is 1. The van der Waals surface area contributed by atoms with Gasteiger partial charge in [0.25, 0.3) is 0 Å². The number of amides is 1. The fourth-order valence-corrected chi connectivity index (χ4v) is 5.74. The van der Waals surface area contributed by atoms with E-state index >= 15 is 0 Å². The van der Waals surface area contributed by atoms with Gasteiger partial charge in [0.2, 0.25) is 5.91 Å². The van der Waals surface area contributed by atoms with Gasteiger partial charge in [-0.2, -0.15) is 0 Å². The number of aromatic nitrogens is 1. The second-order valence-corrected chi connectivity index (χ2v) is 10.5. The van der Waals surface area contributed by atoms with Crippen LogP contribution in [0.2, 0.25) is 0 Å². The molecule has 0 radical (unpaired) electrons. The first kappa shape index (κ1) is 20.4. The van der Waals surface area contributed by atoms with Crippen LogP contribution in [0.3, 0.4) is 0 Å². The first-order chi connectivity index (χ1) is 15.4. The molecule has 170 valence electrons. The second kappa shape index (κ2) is 7.12. The van der Waals surface area contributed by atoms with E-state index in [1.807, 2.05) is 19.2 Å². The van der Waals surface area contributed by atoms with E-state index < -0.39 is 11.7 Å². The van der Waals surface area contributed by atoms with Gasteiger partial charge in [0, 0.05) is 49.4 Å². The minimum absolute atomic E-state index is 0.119. The number of carbonyl (C=O) groups excluding carboxylic acids is 1. The molecule has 1 aromatic carbocycles. The number of alkyl halides is 1. The van der Waals surface area contributed by atoms with E-state index in [1.165, 1.54) is 24.1 Å². The van der Waals surface area contributed by atoms with Crippen molar-refractivity contribution in [2.45, 2.75) is 44.8 Å². The van der Waals surface area contributed by atoms with Crippen molar-refractivity contribution in [1.82, 2.24) is 9.88 Å². The fraction of sp³-hybridized carbons (Fsp3) is 0.600. The number of pyridine rings is 1. The lowest BCUT2D eigenvalue weighted by Crippen LogP contribution is -2.59. The Morgan fingerprint density at radius 1 is 1.19 bits per heavy atom. The predicted molar refractivity (Wildman–Crippen MR) is 123 cm³/mol. The van der Waals surface area contributed by atoms with Gasteiger partial charge in [-0.1, -0.05) is 0 Å². The molecule has 0 unspecified atom stereocenters. The maximum absolute atomic E-state index is 14.4. The van der Waals surface area contributed by atoms with E-state index in [2.05, 4.69) is 39.2 Å². The molecule has 32 heavy (non-hydrogen) atoms. The van der Waals surface area contributed by atoms with E-state index in [0.717, 1.165) is 43.4 Å². The number of ether oxygens (including phenoxy) is 1. The average Bonchev–Trinajstić information content (AvgIpc) is 3.70. The summed E-state index contributed by atoms with van der Waals surface area (Å²) in [6, 6.07) is 6.36. The molecule has 2 aliphatic carbocycles. The molecule has 1 spiro atoms. The van der Waals surface area contributed by atoms with Crippen LogP contribution in [0.4, 0.5) is 15.9 Å². The van der Waals surface area contributed by atoms with Gasteiger partial charge < -0.3 is 15.0 Å². The largest absolute Gasteiger partial charge is 0.376 e. The van der Waals surface area contributed by atoms with Gasteiger partial charge in [-0.3, -0.25) is 9.69 Å². The van der Waals surface area contributed by atoms with Gasteiger partial charge in [-0.25, -0.2) is 9.37 Å². The van der Waals surface area contributed by atoms with Crippen LogP contribution in [0.1, 0.15) is 31.7 Å². The number of benzene rings is 1. The SMILES string of the molecule is Cc1cc2cnc(NC(=O)[C@@H]3CC34CC4)cc2cc1N1CCN([C@@]2(C)COC[C@H]2F)CC1. The highest BCUT2D eigenvalue weighted by molar-refractivity contribution is 5.97. The lowest BCUT2D eigenvalue weighted by molar-refractivity contribution is -0.117. The van der Waals surface area contributed by atoms with Crippen molar-refractivity contribution in [3.05, 3.63) is 30.0 Å². The molecule has 2 aliphatic heterocycles. The monoisotopic (exact) mass is 438 g/mol. The number of nitrogens with zero attached hydrogens (tertiary/aromatic N) is 3. The molecule has 7 heteroatoms. The minimum atomic E-state index is -0.928. The number of aryl methyl sites for hydroxylation is 1. The highest BCUT2D eigenvalue weighted by Gasteiger charge is 2.65. The zero-order chi connectivity index (χ0) is 22.1. The molecule has 1 aromatic heterocycles. The first-order valence-electron chi connectivity index (χ1n) is 11.8. The maximum atomic E-state index is 14.4. The van der Waals surface area contributed by atoms with Gasteiger partial charge in [-0.05, 0) is 67.7 Å². The van der Waals surface area contributed by atoms with E-state index in [0.29, 0.717) is 17.8 Å². The van der Waals surface area contributed by atoms with Crippen molar-refractivity contribution in [3.63, 3.8) is 0 Å². The van der Waals surface area contributed by atoms with Crippen molar-refractivity contribution in [3.8, 4) is 0 Å². The van der Waals surface area contributed by atoms with Crippen LogP contribution in [0.25, 0.3) is 10.8 Å². The second-order valence-electron chi connectivity index (χ2n) is 10.5. The third-order valence-electron chi connectivity index (χ3n) is 8.36. The smallest absolute Gasteiger partial charge is 0.229 e. The van der Waals surface area contributed by atoms with Crippen molar-refractivity contribution < 1.29 is 13.9 Å². The number of anilines is 2. The Hall–Kier alpha value is -2.25. The Morgan fingerprint density at radius 3 is 2.62 bits per heavy atom. The minimum Gasteiger partial charge on any atom is -0.376 e. The highest BCUT2D eigenvalue weighted by atomic mass is 19.1. The molecule has 1 amide bonds. The number of nitrogens with one attached hydrogen (secondary N) is 1. The highest BCUT2D eigenvalue weighted by Crippen LogP contribution is 2.70. The van der Waals surface area contributed by atoms with Crippen molar-refractivity contribution in [2.75, 3.05) is 49.6 Å². The summed E-state index contributed by atoms with van der Waals surface area (Å²) in [4.78, 5) is 21.6. The van der Waals surface area contributed by atoms with Crippen LogP contribution < -0.4 is 10.2 Å². The summed E-state index contributed by atoms with van der Waals surface area (Å²) in [5, 5.41) is 5.18. The quantitative estimate of drug-likeness (QED) is 0.792. The molecule has 6 nitrogen and oxygen atoms in total. The number of carbonyl (C=O) groups is 1. The molecule has 4 fully saturated rings. The summed E-state index contributed by atoms with van der Waals surface area (Å²) in [6.07, 6.45) is 4.36. The van der Waals surface area contributed by atoms with Crippen LogP contribution in [0.5, 0.6) is 0 Å². The predicted octanol–water partition coefficient (Wildman–Crippen LogP) is 3.53. The van der Waals surface area contributed by atoms with Gasteiger partial charge in [0.05, 0.1) is 18.8 Å². The molecule has 2 aromatic rings. The molecule has 0 bridgehead atoms. The van der Waals surface area contributed by atoms with Crippen LogP contribution in [-0.4, -0.2) is 66.9 Å². The maximum Gasteiger partial charge on any atom is 0.229 e. The van der Waals surface area contributed by atoms with Crippen LogP contribution in [0, 0.1) is 18.3 Å². The number of rotatable bonds is 4. The number of fused-ring (bicyclic) bond motifs is 1. The standard InChI is InChI=1S/C25H31FN4O2/c1-16-9-18-13-27-22(28-23(31)19-12-25(19)3-4-25)11-17(18)10-20(16)29-5-7-30(8-6-29)24(2)15-32-14-21(24)26/h9-11,13,19,21H,3-8,12,14-15H2,1-2H3,(H,27,28,31)/t19-,21+,24-/m0/s1. The van der Waals surface area contributed by atoms with Gasteiger partial charge >= 0.3 is 0 Å². The average molecular weight is 439 g/mol. The number of halogens is 1. The summed E-state index contributed by atoms with van der Waals surface area (Å²) in [5.74, 6) is 0.933. The summed E-state index contributed by atoms with van der Waals surface area (Å²) < 4.78 is 19.8. The van der Waals surface area contributed by atoms with Crippen LogP contribution in [0.15, 0.2) is 24.4 Å². The number of piperazine rings is 1. The Balaban J connectivity index is 1.18. The molecule has 1 N–H and O–H groups in total. The Kier molecular flexibility index (Phi) is 4.53. The van der Waals surface area contributed by atoms with Gasteiger partial charge in [0.15, 0.2) is 0 Å². The normalized spacial score (nSPS) is 31.3. The molecule has 3 heterocycles. The summed E-state index contributed by atoms with van der Waals surface area (Å²) in [5.41, 5.74) is 2.24. The van der Waals surface area contributed by atoms with E-state index in [9.17, 15) is 9.18 Å².